The van der Waals surface area contributed by atoms with E-state index in [-0.39, 0.29) is 28.7 Å². The van der Waals surface area contributed by atoms with Gasteiger partial charge in [0.25, 0.3) is 11.5 Å². The van der Waals surface area contributed by atoms with Gasteiger partial charge in [0.15, 0.2) is 0 Å². The van der Waals surface area contributed by atoms with Crippen LogP contribution in [0.1, 0.15) is 29.0 Å². The number of carbonyl (C=O) groups excluding carboxylic acids is 1. The Morgan fingerprint density at radius 1 is 0.931 bits per heavy atom. The van der Waals surface area contributed by atoms with E-state index >= 15 is 0 Å². The van der Waals surface area contributed by atoms with Crippen molar-refractivity contribution in [2.24, 2.45) is 14.1 Å². The number of carbonyl (C=O) groups is 1. The topological polar surface area (TPSA) is 86.0 Å². The second kappa shape index (κ2) is 7.01. The fraction of sp³-hybridized carbons (Fsp3) is 0.182. The Morgan fingerprint density at radius 3 is 2.45 bits per heavy atom. The van der Waals surface area contributed by atoms with Crippen LogP contribution in [0.4, 0.5) is 0 Å². The van der Waals surface area contributed by atoms with E-state index in [9.17, 15) is 14.4 Å². The van der Waals surface area contributed by atoms with E-state index in [0.29, 0.717) is 0 Å². The van der Waals surface area contributed by atoms with Crippen molar-refractivity contribution in [3.8, 4) is 0 Å². The molecule has 0 aliphatic carbocycles. The van der Waals surface area contributed by atoms with Crippen molar-refractivity contribution < 1.29 is 4.79 Å². The minimum atomic E-state index is -0.489. The molecule has 0 bridgehead atoms. The van der Waals surface area contributed by atoms with Gasteiger partial charge in [-0.05, 0) is 35.4 Å². The number of hydrogen-bond donors (Lipinski definition) is 1. The lowest BCUT2D eigenvalue weighted by Gasteiger charge is -2.17. The first-order chi connectivity index (χ1) is 13.9. The fourth-order valence-electron chi connectivity index (χ4n) is 3.56. The van der Waals surface area contributed by atoms with Gasteiger partial charge in [0.05, 0.1) is 11.4 Å². The zero-order valence-corrected chi connectivity index (χ0v) is 16.3. The smallest absolute Gasteiger partial charge is 0.332 e. The molecule has 146 valence electrons. The lowest BCUT2D eigenvalue weighted by molar-refractivity contribution is 0.0935. The molecule has 0 saturated carbocycles. The number of fused-ring (bicyclic) bond motifs is 2. The van der Waals surface area contributed by atoms with Crippen molar-refractivity contribution in [3.05, 3.63) is 86.7 Å². The number of pyridine rings is 1. The van der Waals surface area contributed by atoms with Crippen LogP contribution in [0.5, 0.6) is 0 Å². The van der Waals surface area contributed by atoms with Gasteiger partial charge in [-0.2, -0.15) is 0 Å². The van der Waals surface area contributed by atoms with Gasteiger partial charge < -0.3 is 5.32 Å². The minimum Gasteiger partial charge on any atom is -0.344 e. The molecule has 2 aromatic heterocycles. The van der Waals surface area contributed by atoms with Crippen molar-refractivity contribution in [2.45, 2.75) is 13.0 Å². The molecule has 4 aromatic rings. The Balaban J connectivity index is 1.70. The molecule has 1 N–H and O–H groups in total. The van der Waals surface area contributed by atoms with Crippen LogP contribution in [-0.4, -0.2) is 20.0 Å². The molecule has 1 amide bonds. The van der Waals surface area contributed by atoms with Crippen molar-refractivity contribution in [2.75, 3.05) is 0 Å². The Labute approximate surface area is 166 Å². The first kappa shape index (κ1) is 18.6. The Morgan fingerprint density at radius 2 is 1.66 bits per heavy atom. The van der Waals surface area contributed by atoms with Crippen LogP contribution in [0.15, 0.2) is 64.2 Å². The average molecular weight is 388 g/mol. The highest BCUT2D eigenvalue weighted by Gasteiger charge is 2.17. The summed E-state index contributed by atoms with van der Waals surface area (Å²) in [7, 11) is 2.94. The maximum atomic E-state index is 12.8. The van der Waals surface area contributed by atoms with E-state index < -0.39 is 11.2 Å². The lowest BCUT2D eigenvalue weighted by atomic mass is 9.99. The molecule has 0 radical (unpaired) electrons. The normalized spacial score (nSPS) is 12.2. The number of nitrogens with zero attached hydrogens (tertiary/aromatic N) is 3. The van der Waals surface area contributed by atoms with E-state index in [4.69, 9.17) is 0 Å². The molecule has 2 heterocycles. The van der Waals surface area contributed by atoms with E-state index in [1.165, 1.54) is 30.8 Å². The molecule has 0 saturated heterocycles. The number of aryl methyl sites for hydroxylation is 1. The van der Waals surface area contributed by atoms with Crippen molar-refractivity contribution in [1.82, 2.24) is 19.4 Å². The first-order valence-corrected chi connectivity index (χ1v) is 9.24. The zero-order chi connectivity index (χ0) is 20.7. The average Bonchev–Trinajstić information content (AvgIpc) is 2.75. The third kappa shape index (κ3) is 3.10. The summed E-state index contributed by atoms with van der Waals surface area (Å²) in [5.41, 5.74) is 0.401. The van der Waals surface area contributed by atoms with Gasteiger partial charge in [0.1, 0.15) is 11.3 Å². The van der Waals surface area contributed by atoms with Crippen LogP contribution in [0.25, 0.3) is 21.8 Å². The maximum Gasteiger partial charge on any atom is 0.332 e. The standard InChI is InChI=1S/C22H20N4O3/c1-13(15-10-6-8-14-7-4-5-9-16(14)15)23-20(27)18-12-11-17-19(24-18)25(2)22(29)26(3)21(17)28/h4-13H,1-3H3,(H,23,27). The lowest BCUT2D eigenvalue weighted by Crippen LogP contribution is -2.37. The van der Waals surface area contributed by atoms with Gasteiger partial charge in [-0.1, -0.05) is 42.5 Å². The highest BCUT2D eigenvalue weighted by Crippen LogP contribution is 2.24. The summed E-state index contributed by atoms with van der Waals surface area (Å²) in [6.45, 7) is 1.91. The van der Waals surface area contributed by atoms with Crippen molar-refractivity contribution in [1.29, 1.82) is 0 Å². The van der Waals surface area contributed by atoms with Crippen LogP contribution in [-0.2, 0) is 14.1 Å². The Kier molecular flexibility index (Phi) is 4.50. The van der Waals surface area contributed by atoms with Gasteiger partial charge in [-0.15, -0.1) is 0 Å². The molecule has 0 fully saturated rings. The minimum absolute atomic E-state index is 0.146. The molecule has 0 aliphatic rings. The molecule has 0 spiro atoms. The van der Waals surface area contributed by atoms with Crippen LogP contribution < -0.4 is 16.6 Å². The predicted octanol–water partition coefficient (Wildman–Crippen LogP) is 2.28. The molecule has 29 heavy (non-hydrogen) atoms. The summed E-state index contributed by atoms with van der Waals surface area (Å²) in [6, 6.07) is 16.7. The van der Waals surface area contributed by atoms with E-state index in [1.54, 1.807) is 0 Å². The molecule has 0 aliphatic heterocycles. The molecule has 1 atom stereocenters. The summed E-state index contributed by atoms with van der Waals surface area (Å²) >= 11 is 0. The molecular weight excluding hydrogens is 368 g/mol. The SMILES string of the molecule is CC(NC(=O)c1ccc2c(=O)n(C)c(=O)n(C)c2n1)c1cccc2ccccc12. The van der Waals surface area contributed by atoms with Crippen LogP contribution in [0.2, 0.25) is 0 Å². The summed E-state index contributed by atoms with van der Waals surface area (Å²) in [4.78, 5) is 41.5. The first-order valence-electron chi connectivity index (χ1n) is 9.24. The molecule has 7 heteroatoms. The molecule has 1 unspecified atom stereocenters. The number of hydrogen-bond acceptors (Lipinski definition) is 4. The van der Waals surface area contributed by atoms with Crippen LogP contribution in [0.3, 0.4) is 0 Å². The highest BCUT2D eigenvalue weighted by molar-refractivity contribution is 5.95. The third-order valence-electron chi connectivity index (χ3n) is 5.17. The molecular formula is C22H20N4O3. The second-order valence-electron chi connectivity index (χ2n) is 7.04. The summed E-state index contributed by atoms with van der Waals surface area (Å²) in [5, 5.41) is 5.41. The number of nitrogens with one attached hydrogen (secondary N) is 1. The molecule has 2 aromatic carbocycles. The van der Waals surface area contributed by atoms with Crippen molar-refractivity contribution in [3.63, 3.8) is 0 Å². The highest BCUT2D eigenvalue weighted by atomic mass is 16.2. The second-order valence-corrected chi connectivity index (χ2v) is 7.04. The zero-order valence-electron chi connectivity index (χ0n) is 16.3. The largest absolute Gasteiger partial charge is 0.344 e. The summed E-state index contributed by atoms with van der Waals surface area (Å²) in [6.07, 6.45) is 0. The Hall–Kier alpha value is -3.74. The van der Waals surface area contributed by atoms with Gasteiger partial charge in [-0.25, -0.2) is 9.78 Å². The van der Waals surface area contributed by atoms with E-state index in [1.807, 2.05) is 49.4 Å². The van der Waals surface area contributed by atoms with Crippen molar-refractivity contribution >= 4 is 27.7 Å². The van der Waals surface area contributed by atoms with Crippen LogP contribution in [0, 0.1) is 0 Å². The number of rotatable bonds is 3. The number of amides is 1. The third-order valence-corrected chi connectivity index (χ3v) is 5.17. The molecule has 4 rings (SSSR count). The quantitative estimate of drug-likeness (QED) is 0.583. The number of aromatic nitrogens is 3. The predicted molar refractivity (Wildman–Crippen MR) is 112 cm³/mol. The van der Waals surface area contributed by atoms with Crippen LogP contribution >= 0.6 is 0 Å². The summed E-state index contributed by atoms with van der Waals surface area (Å²) < 4.78 is 2.29. The Bertz CT molecular complexity index is 1380. The van der Waals surface area contributed by atoms with E-state index in [0.717, 1.165) is 20.9 Å². The number of benzene rings is 2. The maximum absolute atomic E-state index is 12.8. The molecule has 7 nitrogen and oxygen atoms in total. The van der Waals surface area contributed by atoms with Gasteiger partial charge in [0, 0.05) is 14.1 Å². The fourth-order valence-corrected chi connectivity index (χ4v) is 3.56. The van der Waals surface area contributed by atoms with Gasteiger partial charge in [0.2, 0.25) is 0 Å². The van der Waals surface area contributed by atoms with Gasteiger partial charge >= 0.3 is 5.69 Å². The monoisotopic (exact) mass is 388 g/mol. The van der Waals surface area contributed by atoms with E-state index in [2.05, 4.69) is 10.3 Å². The summed E-state index contributed by atoms with van der Waals surface area (Å²) in [5.74, 6) is -0.375. The van der Waals surface area contributed by atoms with Gasteiger partial charge in [-0.3, -0.25) is 18.7 Å².